The maximum atomic E-state index is 13.5. The number of para-hydroxylation sites is 2. The number of carbonyl (C=O) groups excluding carboxylic acids is 4. The predicted molar refractivity (Wildman–Crippen MR) is 178 cm³/mol. The van der Waals surface area contributed by atoms with Gasteiger partial charge in [-0.3, -0.25) is 14.4 Å². The molecule has 4 aromatic carbocycles. The fourth-order valence-electron chi connectivity index (χ4n) is 4.31. The Hall–Kier alpha value is -5.55. The summed E-state index contributed by atoms with van der Waals surface area (Å²) in [4.78, 5) is 52.2. The number of anilines is 2. The van der Waals surface area contributed by atoms with Gasteiger partial charge in [0.1, 0.15) is 5.70 Å². The molecular formula is C35H33N3O7S. The quantitative estimate of drug-likeness (QED) is 0.0975. The lowest BCUT2D eigenvalue weighted by atomic mass is 10.1. The summed E-state index contributed by atoms with van der Waals surface area (Å²) in [5.74, 6) is -1.000. The van der Waals surface area contributed by atoms with Crippen molar-refractivity contribution in [2.24, 2.45) is 0 Å². The van der Waals surface area contributed by atoms with E-state index in [1.807, 2.05) is 0 Å². The van der Waals surface area contributed by atoms with Crippen molar-refractivity contribution in [1.82, 2.24) is 5.32 Å². The van der Waals surface area contributed by atoms with Crippen molar-refractivity contribution in [1.29, 1.82) is 0 Å². The highest BCUT2D eigenvalue weighted by atomic mass is 32.2. The Morgan fingerprint density at radius 1 is 0.761 bits per heavy atom. The molecule has 4 aromatic rings. The summed E-state index contributed by atoms with van der Waals surface area (Å²) >= 11 is 1.31. The number of ether oxygens (including phenoxy) is 3. The van der Waals surface area contributed by atoms with E-state index in [2.05, 4.69) is 16.0 Å². The molecule has 0 aromatic heterocycles. The SMILES string of the molecule is COC(=O)c1ccccc1NC(=O)C(C)Sc1ccc(NC(=O)/C(=C/c2cccc(OC)c2OC)NC(=O)c2ccccc2)cc1. The van der Waals surface area contributed by atoms with Crippen LogP contribution in [0.4, 0.5) is 11.4 Å². The Morgan fingerprint density at radius 3 is 2.13 bits per heavy atom. The van der Waals surface area contributed by atoms with Crippen LogP contribution in [0.1, 0.15) is 33.2 Å². The van der Waals surface area contributed by atoms with Gasteiger partial charge in [0.05, 0.1) is 37.8 Å². The zero-order chi connectivity index (χ0) is 33.1. The van der Waals surface area contributed by atoms with Crippen molar-refractivity contribution in [2.45, 2.75) is 17.1 Å². The fourth-order valence-corrected chi connectivity index (χ4v) is 5.18. The molecule has 0 fully saturated rings. The van der Waals surface area contributed by atoms with Gasteiger partial charge >= 0.3 is 5.97 Å². The van der Waals surface area contributed by atoms with Crippen molar-refractivity contribution in [3.63, 3.8) is 0 Å². The second kappa shape index (κ2) is 16.0. The summed E-state index contributed by atoms with van der Waals surface area (Å²) in [6.07, 6.45) is 1.51. The minimum Gasteiger partial charge on any atom is -0.493 e. The molecule has 0 aliphatic carbocycles. The molecule has 0 radical (unpaired) electrons. The lowest BCUT2D eigenvalue weighted by Gasteiger charge is -2.15. The zero-order valence-electron chi connectivity index (χ0n) is 25.7. The highest BCUT2D eigenvalue weighted by Gasteiger charge is 2.20. The highest BCUT2D eigenvalue weighted by molar-refractivity contribution is 8.00. The minimum absolute atomic E-state index is 0.0172. The summed E-state index contributed by atoms with van der Waals surface area (Å²) in [5.41, 5.74) is 1.97. The van der Waals surface area contributed by atoms with Gasteiger partial charge in [-0.2, -0.15) is 0 Å². The number of thioether (sulfide) groups is 1. The van der Waals surface area contributed by atoms with E-state index < -0.39 is 23.0 Å². The minimum atomic E-state index is -0.563. The molecule has 0 aliphatic rings. The number of rotatable bonds is 12. The normalized spacial score (nSPS) is 11.5. The first kappa shape index (κ1) is 33.3. The fraction of sp³-hybridized carbons (Fsp3) is 0.143. The number of methoxy groups -OCH3 is 3. The maximum Gasteiger partial charge on any atom is 0.339 e. The molecule has 46 heavy (non-hydrogen) atoms. The second-order valence-electron chi connectivity index (χ2n) is 9.73. The third-order valence-electron chi connectivity index (χ3n) is 6.65. The van der Waals surface area contributed by atoms with Crippen LogP contribution >= 0.6 is 11.8 Å². The monoisotopic (exact) mass is 639 g/mol. The molecule has 1 unspecified atom stereocenters. The van der Waals surface area contributed by atoms with Crippen LogP contribution in [-0.4, -0.2) is 50.3 Å². The van der Waals surface area contributed by atoms with Crippen LogP contribution in [0.15, 0.2) is 108 Å². The number of hydrogen-bond donors (Lipinski definition) is 3. The Morgan fingerprint density at radius 2 is 1.46 bits per heavy atom. The van der Waals surface area contributed by atoms with Crippen molar-refractivity contribution in [3.05, 3.63) is 119 Å². The lowest BCUT2D eigenvalue weighted by Crippen LogP contribution is -2.30. The van der Waals surface area contributed by atoms with Crippen LogP contribution in [0.25, 0.3) is 6.08 Å². The van der Waals surface area contributed by atoms with Crippen molar-refractivity contribution in [3.8, 4) is 11.5 Å². The molecule has 0 saturated heterocycles. The molecule has 0 saturated carbocycles. The summed E-state index contributed by atoms with van der Waals surface area (Å²) in [7, 11) is 4.28. The lowest BCUT2D eigenvalue weighted by molar-refractivity contribution is -0.115. The van der Waals surface area contributed by atoms with Crippen molar-refractivity contribution >= 4 is 52.9 Å². The van der Waals surface area contributed by atoms with Gasteiger partial charge in [-0.25, -0.2) is 4.79 Å². The number of nitrogens with one attached hydrogen (secondary N) is 3. The van der Waals surface area contributed by atoms with Crippen LogP contribution in [0, 0.1) is 0 Å². The Balaban J connectivity index is 1.49. The standard InChI is InChI=1S/C35H33N3O7S/c1-22(32(39)37-28-15-9-8-14-27(28)35(42)45-4)46-26-19-17-25(18-20-26)36-34(41)29(38-33(40)23-11-6-5-7-12-23)21-24-13-10-16-30(43-2)31(24)44-3/h5-22H,1-4H3,(H,36,41)(H,37,39)(H,38,40)/b29-21-. The predicted octanol–water partition coefficient (Wildman–Crippen LogP) is 6.02. The van der Waals surface area contributed by atoms with Crippen LogP contribution < -0.4 is 25.4 Å². The Bertz CT molecular complexity index is 1740. The van der Waals surface area contributed by atoms with E-state index in [-0.39, 0.29) is 17.2 Å². The molecule has 0 heterocycles. The topological polar surface area (TPSA) is 132 Å². The molecule has 11 heteroatoms. The summed E-state index contributed by atoms with van der Waals surface area (Å²) < 4.78 is 15.7. The largest absolute Gasteiger partial charge is 0.493 e. The van der Waals surface area contributed by atoms with Crippen molar-refractivity contribution in [2.75, 3.05) is 32.0 Å². The van der Waals surface area contributed by atoms with Gasteiger partial charge in [0.2, 0.25) is 5.91 Å². The molecule has 236 valence electrons. The summed E-state index contributed by atoms with van der Waals surface area (Å²) in [6, 6.07) is 27.3. The number of amides is 3. The van der Waals surface area contributed by atoms with E-state index in [1.54, 1.807) is 104 Å². The van der Waals surface area contributed by atoms with E-state index in [4.69, 9.17) is 14.2 Å². The molecule has 0 aliphatic heterocycles. The number of benzene rings is 4. The van der Waals surface area contributed by atoms with Crippen LogP contribution in [-0.2, 0) is 14.3 Å². The highest BCUT2D eigenvalue weighted by Crippen LogP contribution is 2.32. The van der Waals surface area contributed by atoms with E-state index in [0.717, 1.165) is 4.90 Å². The Kier molecular flexibility index (Phi) is 11.6. The van der Waals surface area contributed by atoms with Gasteiger partial charge in [-0.05, 0) is 67.6 Å². The van der Waals surface area contributed by atoms with Gasteiger partial charge < -0.3 is 30.2 Å². The van der Waals surface area contributed by atoms with E-state index in [0.29, 0.717) is 34.0 Å². The van der Waals surface area contributed by atoms with E-state index in [1.165, 1.54) is 39.2 Å². The Labute approximate surface area is 271 Å². The average molecular weight is 640 g/mol. The third kappa shape index (κ3) is 8.54. The van der Waals surface area contributed by atoms with Gasteiger partial charge in [0, 0.05) is 21.7 Å². The molecule has 4 rings (SSSR count). The zero-order valence-corrected chi connectivity index (χ0v) is 26.5. The van der Waals surface area contributed by atoms with Gasteiger partial charge in [0.15, 0.2) is 11.5 Å². The summed E-state index contributed by atoms with van der Waals surface area (Å²) in [5, 5.41) is 7.80. The van der Waals surface area contributed by atoms with Crippen LogP contribution in [0.3, 0.4) is 0 Å². The molecule has 0 bridgehead atoms. The molecule has 3 amide bonds. The van der Waals surface area contributed by atoms with Gasteiger partial charge in [-0.15, -0.1) is 11.8 Å². The number of esters is 1. The smallest absolute Gasteiger partial charge is 0.339 e. The molecule has 3 N–H and O–H groups in total. The summed E-state index contributed by atoms with van der Waals surface area (Å²) in [6.45, 7) is 1.75. The maximum absolute atomic E-state index is 13.5. The third-order valence-corrected chi connectivity index (χ3v) is 7.76. The molecule has 0 spiro atoms. The molecular weight excluding hydrogens is 606 g/mol. The molecule has 1 atom stereocenters. The van der Waals surface area contributed by atoms with E-state index in [9.17, 15) is 19.2 Å². The first-order valence-electron chi connectivity index (χ1n) is 14.1. The number of carbonyl (C=O) groups is 4. The second-order valence-corrected chi connectivity index (χ2v) is 11.1. The van der Waals surface area contributed by atoms with Crippen LogP contribution in [0.5, 0.6) is 11.5 Å². The van der Waals surface area contributed by atoms with Crippen molar-refractivity contribution < 1.29 is 33.4 Å². The molecule has 10 nitrogen and oxygen atoms in total. The van der Waals surface area contributed by atoms with Gasteiger partial charge in [-0.1, -0.05) is 42.5 Å². The first-order valence-corrected chi connectivity index (χ1v) is 15.0. The average Bonchev–Trinajstić information content (AvgIpc) is 3.08. The van der Waals surface area contributed by atoms with Crippen LogP contribution in [0.2, 0.25) is 0 Å². The number of hydrogen-bond acceptors (Lipinski definition) is 8. The van der Waals surface area contributed by atoms with E-state index >= 15 is 0 Å². The van der Waals surface area contributed by atoms with Gasteiger partial charge in [0.25, 0.3) is 11.8 Å². The first-order chi connectivity index (χ1) is 22.2.